The lowest BCUT2D eigenvalue weighted by atomic mass is 9.97. The highest BCUT2D eigenvalue weighted by molar-refractivity contribution is 9.10. The minimum Gasteiger partial charge on any atom is -0.484 e. The molecular formula is C19H21BrN2O2S. The van der Waals surface area contributed by atoms with Crippen LogP contribution in [0.15, 0.2) is 53.0 Å². The van der Waals surface area contributed by atoms with E-state index in [1.165, 1.54) is 5.56 Å². The lowest BCUT2D eigenvalue weighted by Crippen LogP contribution is -2.37. The second-order valence-electron chi connectivity index (χ2n) is 5.64. The zero-order valence-electron chi connectivity index (χ0n) is 14.2. The van der Waals surface area contributed by atoms with Gasteiger partial charge in [0.05, 0.1) is 0 Å². The van der Waals surface area contributed by atoms with Crippen molar-refractivity contribution in [1.82, 2.24) is 5.32 Å². The maximum absolute atomic E-state index is 12.0. The number of halogens is 1. The van der Waals surface area contributed by atoms with Crippen LogP contribution in [-0.4, -0.2) is 17.6 Å². The molecule has 0 aromatic heterocycles. The zero-order valence-corrected chi connectivity index (χ0v) is 16.6. The Hall–Kier alpha value is -1.92. The number of para-hydroxylation sites is 1. The second kappa shape index (κ2) is 9.53. The van der Waals surface area contributed by atoms with Crippen molar-refractivity contribution in [3.05, 3.63) is 58.6 Å². The maximum Gasteiger partial charge on any atom is 0.264 e. The highest BCUT2D eigenvalue weighted by Gasteiger charge is 2.11. The average Bonchev–Trinajstić information content (AvgIpc) is 2.61. The summed E-state index contributed by atoms with van der Waals surface area (Å²) in [6.45, 7) is 4.20. The molecule has 6 heteroatoms. The molecule has 2 aromatic carbocycles. The molecule has 132 valence electrons. The average molecular weight is 421 g/mol. The molecule has 0 aliphatic rings. The van der Waals surface area contributed by atoms with E-state index in [9.17, 15) is 4.79 Å². The maximum atomic E-state index is 12.0. The third-order valence-corrected chi connectivity index (χ3v) is 4.52. The van der Waals surface area contributed by atoms with Crippen LogP contribution in [0.25, 0.3) is 0 Å². The summed E-state index contributed by atoms with van der Waals surface area (Å²) in [6, 6.07) is 15.2. The van der Waals surface area contributed by atoms with Crippen molar-refractivity contribution in [2.45, 2.75) is 26.2 Å². The van der Waals surface area contributed by atoms with Gasteiger partial charge in [-0.1, -0.05) is 48.0 Å². The van der Waals surface area contributed by atoms with E-state index in [4.69, 9.17) is 17.0 Å². The Morgan fingerprint density at radius 3 is 2.56 bits per heavy atom. The van der Waals surface area contributed by atoms with Crippen molar-refractivity contribution < 1.29 is 9.53 Å². The fourth-order valence-corrected chi connectivity index (χ4v) is 2.74. The molecule has 1 atom stereocenters. The van der Waals surface area contributed by atoms with Gasteiger partial charge in [-0.05, 0) is 60.5 Å². The number of carbonyl (C=O) groups is 1. The van der Waals surface area contributed by atoms with Gasteiger partial charge in [-0.25, -0.2) is 0 Å². The summed E-state index contributed by atoms with van der Waals surface area (Å²) in [7, 11) is 0. The minimum absolute atomic E-state index is 0.101. The van der Waals surface area contributed by atoms with Gasteiger partial charge in [0.15, 0.2) is 11.7 Å². The van der Waals surface area contributed by atoms with Crippen LogP contribution in [0.1, 0.15) is 31.7 Å². The molecule has 0 radical (unpaired) electrons. The van der Waals surface area contributed by atoms with Crippen molar-refractivity contribution in [1.29, 1.82) is 0 Å². The molecule has 2 aromatic rings. The summed E-state index contributed by atoms with van der Waals surface area (Å²) in [5.41, 5.74) is 2.09. The molecule has 1 amide bonds. The standard InChI is InChI=1S/C19H21BrN2O2S/c1-3-13(2)16-6-4-5-7-17(16)21-19(25)22-18(23)12-24-15-10-8-14(20)9-11-15/h4-11,13H,3,12H2,1-2H3,(H2,21,22,23,25). The van der Waals surface area contributed by atoms with E-state index in [1.54, 1.807) is 12.1 Å². The lowest BCUT2D eigenvalue weighted by molar-refractivity contribution is -0.121. The number of hydrogen-bond acceptors (Lipinski definition) is 3. The smallest absolute Gasteiger partial charge is 0.264 e. The summed E-state index contributed by atoms with van der Waals surface area (Å²) >= 11 is 8.59. The van der Waals surface area contributed by atoms with Crippen molar-refractivity contribution in [3.8, 4) is 5.75 Å². The molecule has 2 rings (SSSR count). The Kier molecular flexibility index (Phi) is 7.40. The SMILES string of the molecule is CCC(C)c1ccccc1NC(=S)NC(=O)COc1ccc(Br)cc1. The summed E-state index contributed by atoms with van der Waals surface area (Å²) < 4.78 is 6.39. The summed E-state index contributed by atoms with van der Waals surface area (Å²) in [6.07, 6.45) is 1.03. The first-order valence-electron chi connectivity index (χ1n) is 8.07. The first kappa shape index (κ1) is 19.4. The largest absolute Gasteiger partial charge is 0.484 e. The number of nitrogens with one attached hydrogen (secondary N) is 2. The third kappa shape index (κ3) is 6.14. The number of carbonyl (C=O) groups excluding carboxylic acids is 1. The van der Waals surface area contributed by atoms with E-state index in [1.807, 2.05) is 30.3 Å². The fraction of sp³-hybridized carbons (Fsp3) is 0.263. The van der Waals surface area contributed by atoms with Gasteiger partial charge in [-0.15, -0.1) is 0 Å². The molecule has 0 saturated heterocycles. The number of benzene rings is 2. The van der Waals surface area contributed by atoms with Gasteiger partial charge in [0.1, 0.15) is 5.75 Å². The Balaban J connectivity index is 1.87. The summed E-state index contributed by atoms with van der Waals surface area (Å²) in [5, 5.41) is 6.01. The van der Waals surface area contributed by atoms with Crippen LogP contribution in [-0.2, 0) is 4.79 Å². The summed E-state index contributed by atoms with van der Waals surface area (Å²) in [4.78, 5) is 12.0. The molecule has 0 spiro atoms. The first-order chi connectivity index (χ1) is 12.0. The molecule has 2 N–H and O–H groups in total. The molecule has 0 fully saturated rings. The Bertz CT molecular complexity index is 734. The van der Waals surface area contributed by atoms with Crippen LogP contribution in [0.4, 0.5) is 5.69 Å². The van der Waals surface area contributed by atoms with E-state index in [0.29, 0.717) is 11.7 Å². The van der Waals surface area contributed by atoms with E-state index in [-0.39, 0.29) is 17.6 Å². The zero-order chi connectivity index (χ0) is 18.2. The minimum atomic E-state index is -0.304. The number of anilines is 1. The van der Waals surface area contributed by atoms with Gasteiger partial charge < -0.3 is 10.1 Å². The summed E-state index contributed by atoms with van der Waals surface area (Å²) in [5.74, 6) is 0.726. The molecule has 0 heterocycles. The molecule has 0 aliphatic carbocycles. The van der Waals surface area contributed by atoms with Gasteiger partial charge in [0, 0.05) is 10.2 Å². The topological polar surface area (TPSA) is 50.4 Å². The highest BCUT2D eigenvalue weighted by Crippen LogP contribution is 2.26. The first-order valence-corrected chi connectivity index (χ1v) is 9.27. The van der Waals surface area contributed by atoms with Crippen LogP contribution < -0.4 is 15.4 Å². The molecule has 0 bridgehead atoms. The molecule has 4 nitrogen and oxygen atoms in total. The molecule has 25 heavy (non-hydrogen) atoms. The van der Waals surface area contributed by atoms with Crippen LogP contribution in [0.3, 0.4) is 0 Å². The van der Waals surface area contributed by atoms with E-state index >= 15 is 0 Å². The lowest BCUT2D eigenvalue weighted by Gasteiger charge is -2.17. The molecule has 0 aliphatic heterocycles. The van der Waals surface area contributed by atoms with E-state index < -0.39 is 0 Å². The molecular weight excluding hydrogens is 400 g/mol. The van der Waals surface area contributed by atoms with Crippen molar-refractivity contribution in [2.75, 3.05) is 11.9 Å². The molecule has 0 saturated carbocycles. The van der Waals surface area contributed by atoms with Crippen LogP contribution in [0.2, 0.25) is 0 Å². The second-order valence-corrected chi connectivity index (χ2v) is 6.97. The monoisotopic (exact) mass is 420 g/mol. The number of amides is 1. The van der Waals surface area contributed by atoms with Crippen LogP contribution in [0, 0.1) is 0 Å². The number of ether oxygens (including phenoxy) is 1. The number of hydrogen-bond donors (Lipinski definition) is 2. The van der Waals surface area contributed by atoms with Gasteiger partial charge in [0.2, 0.25) is 0 Å². The van der Waals surface area contributed by atoms with Gasteiger partial charge >= 0.3 is 0 Å². The van der Waals surface area contributed by atoms with Crippen LogP contribution in [0.5, 0.6) is 5.75 Å². The van der Waals surface area contributed by atoms with Crippen molar-refractivity contribution >= 4 is 44.9 Å². The van der Waals surface area contributed by atoms with Crippen LogP contribution >= 0.6 is 28.1 Å². The van der Waals surface area contributed by atoms with Crippen molar-refractivity contribution in [3.63, 3.8) is 0 Å². The number of rotatable bonds is 6. The van der Waals surface area contributed by atoms with Crippen molar-refractivity contribution in [2.24, 2.45) is 0 Å². The highest BCUT2D eigenvalue weighted by atomic mass is 79.9. The normalized spacial score (nSPS) is 11.5. The predicted octanol–water partition coefficient (Wildman–Crippen LogP) is 4.85. The van der Waals surface area contributed by atoms with Gasteiger partial charge in [-0.2, -0.15) is 0 Å². The number of thiocarbonyl (C=S) groups is 1. The third-order valence-electron chi connectivity index (χ3n) is 3.79. The van der Waals surface area contributed by atoms with Gasteiger partial charge in [-0.3, -0.25) is 10.1 Å². The quantitative estimate of drug-likeness (QED) is 0.655. The van der Waals surface area contributed by atoms with E-state index in [2.05, 4.69) is 46.5 Å². The fourth-order valence-electron chi connectivity index (χ4n) is 2.26. The Morgan fingerprint density at radius 1 is 1.20 bits per heavy atom. The Morgan fingerprint density at radius 2 is 1.88 bits per heavy atom. The van der Waals surface area contributed by atoms with E-state index in [0.717, 1.165) is 16.6 Å². The van der Waals surface area contributed by atoms with Gasteiger partial charge in [0.25, 0.3) is 5.91 Å². The predicted molar refractivity (Wildman–Crippen MR) is 109 cm³/mol. The Labute approximate surface area is 162 Å². The molecule has 1 unspecified atom stereocenters.